The molecule has 1 heterocycles. The van der Waals surface area contributed by atoms with E-state index in [0.29, 0.717) is 24.2 Å². The summed E-state index contributed by atoms with van der Waals surface area (Å²) in [5.41, 5.74) is 2.85. The van der Waals surface area contributed by atoms with Crippen LogP contribution in [-0.4, -0.2) is 42.1 Å². The van der Waals surface area contributed by atoms with Crippen LogP contribution in [0.4, 0.5) is 5.69 Å². The summed E-state index contributed by atoms with van der Waals surface area (Å²) in [4.78, 5) is 40.0. The average Bonchev–Trinajstić information content (AvgIpc) is 2.62. The molecule has 0 N–H and O–H groups in total. The molecule has 5 nitrogen and oxygen atoms in total. The van der Waals surface area contributed by atoms with Crippen molar-refractivity contribution in [2.75, 3.05) is 24.5 Å². The molecule has 1 saturated heterocycles. The van der Waals surface area contributed by atoms with Gasteiger partial charge in [-0.3, -0.25) is 14.4 Å². The summed E-state index contributed by atoms with van der Waals surface area (Å²) in [5, 5.41) is 0. The lowest BCUT2D eigenvalue weighted by atomic mass is 10.1. The summed E-state index contributed by atoms with van der Waals surface area (Å²) < 4.78 is 0. The molecule has 1 aliphatic rings. The average molecular weight is 336 g/mol. The monoisotopic (exact) mass is 336 g/mol. The molecule has 0 radical (unpaired) electrons. The fourth-order valence-electron chi connectivity index (χ4n) is 3.02. The van der Waals surface area contributed by atoms with E-state index < -0.39 is 0 Å². The minimum atomic E-state index is -0.221. The summed E-state index contributed by atoms with van der Waals surface area (Å²) in [7, 11) is 0. The minimum absolute atomic E-state index is 0.0392. The summed E-state index contributed by atoms with van der Waals surface area (Å²) in [5.74, 6) is -0.410. The van der Waals surface area contributed by atoms with Gasteiger partial charge in [0, 0.05) is 29.9 Å². The number of aryl methyl sites for hydroxylation is 1. The molecule has 0 aliphatic carbocycles. The molecule has 0 aromatic heterocycles. The van der Waals surface area contributed by atoms with Crippen molar-refractivity contribution in [2.45, 2.75) is 13.8 Å². The molecule has 0 unspecified atom stereocenters. The van der Waals surface area contributed by atoms with E-state index in [1.54, 1.807) is 29.2 Å². The van der Waals surface area contributed by atoms with Gasteiger partial charge < -0.3 is 9.80 Å². The minimum Gasteiger partial charge on any atom is -0.328 e. The lowest BCUT2D eigenvalue weighted by Gasteiger charge is -2.35. The maximum Gasteiger partial charge on any atom is 0.254 e. The van der Waals surface area contributed by atoms with Crippen LogP contribution in [0.1, 0.15) is 33.2 Å². The van der Waals surface area contributed by atoms with E-state index in [4.69, 9.17) is 0 Å². The first-order valence-electron chi connectivity index (χ1n) is 8.23. The Morgan fingerprint density at radius 2 is 1.68 bits per heavy atom. The number of para-hydroxylation sites is 1. The Hall–Kier alpha value is -2.95. The zero-order valence-electron chi connectivity index (χ0n) is 14.4. The summed E-state index contributed by atoms with van der Waals surface area (Å²) in [6.07, 6.45) is 0. The number of rotatable bonds is 3. The lowest BCUT2D eigenvalue weighted by Crippen LogP contribution is -2.52. The van der Waals surface area contributed by atoms with Crippen molar-refractivity contribution in [3.8, 4) is 0 Å². The van der Waals surface area contributed by atoms with E-state index in [-0.39, 0.29) is 24.1 Å². The normalized spacial score (nSPS) is 14.6. The molecule has 0 saturated carbocycles. The smallest absolute Gasteiger partial charge is 0.254 e. The molecule has 128 valence electrons. The Labute approximate surface area is 146 Å². The SMILES string of the molecule is CC(=O)c1cccc(C(=O)N2CCN(c3ccccc3C)C(=O)C2)c1. The van der Waals surface area contributed by atoms with Gasteiger partial charge in [-0.15, -0.1) is 0 Å². The lowest BCUT2D eigenvalue weighted by molar-refractivity contribution is -0.120. The van der Waals surface area contributed by atoms with Gasteiger partial charge in [-0.25, -0.2) is 0 Å². The zero-order valence-corrected chi connectivity index (χ0v) is 14.4. The van der Waals surface area contributed by atoms with E-state index in [1.807, 2.05) is 31.2 Å². The second kappa shape index (κ2) is 6.89. The van der Waals surface area contributed by atoms with Gasteiger partial charge in [0.2, 0.25) is 5.91 Å². The second-order valence-corrected chi connectivity index (χ2v) is 6.20. The number of nitrogens with zero attached hydrogens (tertiary/aromatic N) is 2. The van der Waals surface area contributed by atoms with Crippen LogP contribution in [0.25, 0.3) is 0 Å². The molecule has 3 rings (SSSR count). The Kier molecular flexibility index (Phi) is 4.65. The molecule has 5 heteroatoms. The van der Waals surface area contributed by atoms with Crippen LogP contribution in [0.15, 0.2) is 48.5 Å². The highest BCUT2D eigenvalue weighted by atomic mass is 16.2. The number of Topliss-reactive ketones (excluding diaryl/α,β-unsaturated/α-hetero) is 1. The van der Waals surface area contributed by atoms with Gasteiger partial charge in [0.05, 0.1) is 0 Å². The first kappa shape index (κ1) is 16.9. The summed E-state index contributed by atoms with van der Waals surface area (Å²) in [6.45, 7) is 4.39. The standard InChI is InChI=1S/C20H20N2O3/c1-14-6-3-4-9-18(14)22-11-10-21(13-19(22)24)20(25)17-8-5-7-16(12-17)15(2)23/h3-9,12H,10-11,13H2,1-2H3. The van der Waals surface area contributed by atoms with Crippen molar-refractivity contribution in [1.29, 1.82) is 0 Å². The molecular formula is C20H20N2O3. The third-order valence-corrected chi connectivity index (χ3v) is 4.43. The molecule has 0 atom stereocenters. The predicted molar refractivity (Wildman–Crippen MR) is 95.9 cm³/mol. The Bertz CT molecular complexity index is 844. The van der Waals surface area contributed by atoms with Crippen molar-refractivity contribution in [1.82, 2.24) is 4.90 Å². The predicted octanol–water partition coefficient (Wildman–Crippen LogP) is 2.69. The molecule has 1 aliphatic heterocycles. The van der Waals surface area contributed by atoms with E-state index in [9.17, 15) is 14.4 Å². The van der Waals surface area contributed by atoms with E-state index in [1.165, 1.54) is 11.8 Å². The Morgan fingerprint density at radius 3 is 2.36 bits per heavy atom. The molecule has 0 bridgehead atoms. The van der Waals surface area contributed by atoms with Gasteiger partial charge in [-0.2, -0.15) is 0 Å². The zero-order chi connectivity index (χ0) is 18.0. The van der Waals surface area contributed by atoms with E-state index >= 15 is 0 Å². The van der Waals surface area contributed by atoms with Gasteiger partial charge in [-0.05, 0) is 37.6 Å². The quantitative estimate of drug-likeness (QED) is 0.810. The van der Waals surface area contributed by atoms with Gasteiger partial charge in [0.25, 0.3) is 5.91 Å². The van der Waals surface area contributed by atoms with Crippen LogP contribution in [0.2, 0.25) is 0 Å². The second-order valence-electron chi connectivity index (χ2n) is 6.20. The third kappa shape index (κ3) is 3.45. The number of amides is 2. The largest absolute Gasteiger partial charge is 0.328 e. The highest BCUT2D eigenvalue weighted by Gasteiger charge is 2.29. The maximum atomic E-state index is 12.7. The Balaban J connectivity index is 1.76. The summed E-state index contributed by atoms with van der Waals surface area (Å²) >= 11 is 0. The van der Waals surface area contributed by atoms with Crippen LogP contribution in [0.5, 0.6) is 0 Å². The topological polar surface area (TPSA) is 57.7 Å². The van der Waals surface area contributed by atoms with Crippen molar-refractivity contribution >= 4 is 23.3 Å². The fourth-order valence-corrected chi connectivity index (χ4v) is 3.02. The molecular weight excluding hydrogens is 316 g/mol. The molecule has 2 aromatic carbocycles. The van der Waals surface area contributed by atoms with Crippen LogP contribution < -0.4 is 4.90 Å². The number of hydrogen-bond acceptors (Lipinski definition) is 3. The Morgan fingerprint density at radius 1 is 0.960 bits per heavy atom. The first-order valence-corrected chi connectivity index (χ1v) is 8.23. The number of ketones is 1. The first-order chi connectivity index (χ1) is 12.0. The van der Waals surface area contributed by atoms with E-state index in [0.717, 1.165) is 11.3 Å². The highest BCUT2D eigenvalue weighted by molar-refractivity contribution is 6.03. The third-order valence-electron chi connectivity index (χ3n) is 4.43. The highest BCUT2D eigenvalue weighted by Crippen LogP contribution is 2.22. The fraction of sp³-hybridized carbons (Fsp3) is 0.250. The number of hydrogen-bond donors (Lipinski definition) is 0. The summed E-state index contributed by atoms with van der Waals surface area (Å²) in [6, 6.07) is 14.4. The van der Waals surface area contributed by atoms with Gasteiger partial charge in [-0.1, -0.05) is 30.3 Å². The van der Waals surface area contributed by atoms with Gasteiger partial charge in [0.1, 0.15) is 6.54 Å². The maximum absolute atomic E-state index is 12.7. The van der Waals surface area contributed by atoms with Crippen LogP contribution in [-0.2, 0) is 4.79 Å². The number of anilines is 1. The van der Waals surface area contributed by atoms with E-state index in [2.05, 4.69) is 0 Å². The van der Waals surface area contributed by atoms with Gasteiger partial charge in [0.15, 0.2) is 5.78 Å². The van der Waals surface area contributed by atoms with Crippen molar-refractivity contribution in [2.24, 2.45) is 0 Å². The van der Waals surface area contributed by atoms with Crippen molar-refractivity contribution < 1.29 is 14.4 Å². The molecule has 1 fully saturated rings. The molecule has 2 amide bonds. The number of carbonyl (C=O) groups is 3. The number of benzene rings is 2. The molecule has 2 aromatic rings. The van der Waals surface area contributed by atoms with Crippen LogP contribution >= 0.6 is 0 Å². The number of piperazine rings is 1. The van der Waals surface area contributed by atoms with Crippen LogP contribution in [0.3, 0.4) is 0 Å². The van der Waals surface area contributed by atoms with Crippen molar-refractivity contribution in [3.05, 3.63) is 65.2 Å². The van der Waals surface area contributed by atoms with Gasteiger partial charge >= 0.3 is 0 Å². The number of carbonyl (C=O) groups excluding carboxylic acids is 3. The molecule has 0 spiro atoms. The van der Waals surface area contributed by atoms with Crippen molar-refractivity contribution in [3.63, 3.8) is 0 Å². The molecule has 25 heavy (non-hydrogen) atoms. The van der Waals surface area contributed by atoms with Crippen LogP contribution in [0, 0.1) is 6.92 Å².